The van der Waals surface area contributed by atoms with E-state index in [-0.39, 0.29) is 0 Å². The van der Waals surface area contributed by atoms with Gasteiger partial charge >= 0.3 is 0 Å². The summed E-state index contributed by atoms with van der Waals surface area (Å²) >= 11 is 1.85. The Morgan fingerprint density at radius 2 is 2.12 bits per heavy atom. The summed E-state index contributed by atoms with van der Waals surface area (Å²) in [6.07, 6.45) is 4.52. The minimum absolute atomic E-state index is 0.351. The first-order chi connectivity index (χ1) is 7.67. The van der Waals surface area contributed by atoms with Crippen LogP contribution in [0, 0.1) is 11.6 Å². The van der Waals surface area contributed by atoms with Gasteiger partial charge in [-0.05, 0) is 25.2 Å². The highest BCUT2D eigenvalue weighted by Crippen LogP contribution is 2.46. The van der Waals surface area contributed by atoms with Crippen molar-refractivity contribution in [1.29, 1.82) is 0 Å². The van der Waals surface area contributed by atoms with E-state index in [1.165, 1.54) is 18.9 Å². The summed E-state index contributed by atoms with van der Waals surface area (Å²) < 4.78 is 26.6. The first-order valence-electron chi connectivity index (χ1n) is 5.36. The van der Waals surface area contributed by atoms with Gasteiger partial charge in [-0.25, -0.2) is 8.78 Å². The van der Waals surface area contributed by atoms with Crippen LogP contribution >= 0.6 is 11.8 Å². The summed E-state index contributed by atoms with van der Waals surface area (Å²) in [5, 5.41) is 3.20. The zero-order chi connectivity index (χ0) is 11.6. The van der Waals surface area contributed by atoms with E-state index >= 15 is 0 Å². The van der Waals surface area contributed by atoms with Gasteiger partial charge in [0.15, 0.2) is 11.6 Å². The predicted octanol–water partition coefficient (Wildman–Crippen LogP) is 2.95. The van der Waals surface area contributed by atoms with Crippen LogP contribution in [-0.4, -0.2) is 17.5 Å². The SMILES string of the molecule is CSC1(CNCc2cccc(F)c2F)CC1. The van der Waals surface area contributed by atoms with Gasteiger partial charge in [0.2, 0.25) is 0 Å². The number of hydrogen-bond acceptors (Lipinski definition) is 2. The lowest BCUT2D eigenvalue weighted by Crippen LogP contribution is -2.25. The van der Waals surface area contributed by atoms with Crippen molar-refractivity contribution in [3.05, 3.63) is 35.4 Å². The number of thioether (sulfide) groups is 1. The lowest BCUT2D eigenvalue weighted by atomic mass is 10.2. The van der Waals surface area contributed by atoms with Gasteiger partial charge in [0, 0.05) is 23.4 Å². The van der Waals surface area contributed by atoms with Gasteiger partial charge in [0.1, 0.15) is 0 Å². The number of hydrogen-bond donors (Lipinski definition) is 1. The van der Waals surface area contributed by atoms with Crippen molar-refractivity contribution in [1.82, 2.24) is 5.32 Å². The molecular weight excluding hydrogens is 228 g/mol. The summed E-state index contributed by atoms with van der Waals surface area (Å²) in [6.45, 7) is 1.26. The molecule has 0 atom stereocenters. The Morgan fingerprint density at radius 1 is 1.38 bits per heavy atom. The van der Waals surface area contributed by atoms with Gasteiger partial charge in [0.05, 0.1) is 0 Å². The molecule has 1 aromatic rings. The highest BCUT2D eigenvalue weighted by Gasteiger charge is 2.41. The van der Waals surface area contributed by atoms with Crippen LogP contribution in [-0.2, 0) is 6.54 Å². The molecule has 1 saturated carbocycles. The summed E-state index contributed by atoms with van der Waals surface area (Å²) in [5.41, 5.74) is 0.400. The second kappa shape index (κ2) is 4.72. The van der Waals surface area contributed by atoms with Gasteiger partial charge in [-0.15, -0.1) is 0 Å². The van der Waals surface area contributed by atoms with E-state index in [0.717, 1.165) is 12.6 Å². The number of halogens is 2. The molecule has 0 spiro atoms. The Kier molecular flexibility index (Phi) is 3.50. The maximum absolute atomic E-state index is 13.3. The van der Waals surface area contributed by atoms with Gasteiger partial charge in [-0.3, -0.25) is 0 Å². The third-order valence-corrected chi connectivity index (χ3v) is 4.45. The van der Waals surface area contributed by atoms with Crippen LogP contribution in [0.3, 0.4) is 0 Å². The molecule has 1 fully saturated rings. The molecule has 1 aliphatic rings. The third kappa shape index (κ3) is 2.55. The Labute approximate surface area is 98.6 Å². The quantitative estimate of drug-likeness (QED) is 0.853. The minimum atomic E-state index is -0.773. The highest BCUT2D eigenvalue weighted by atomic mass is 32.2. The largest absolute Gasteiger partial charge is 0.311 e. The third-order valence-electron chi connectivity index (χ3n) is 3.03. The van der Waals surface area contributed by atoms with Crippen LogP contribution in [0.15, 0.2) is 18.2 Å². The fourth-order valence-electron chi connectivity index (χ4n) is 1.70. The molecule has 0 saturated heterocycles. The van der Waals surface area contributed by atoms with Gasteiger partial charge in [0.25, 0.3) is 0 Å². The molecule has 1 aliphatic carbocycles. The summed E-state index contributed by atoms with van der Waals surface area (Å²) in [4.78, 5) is 0. The Balaban J connectivity index is 1.88. The predicted molar refractivity (Wildman–Crippen MR) is 63.5 cm³/mol. The molecule has 1 N–H and O–H groups in total. The van der Waals surface area contributed by atoms with Crippen LogP contribution in [0.25, 0.3) is 0 Å². The lowest BCUT2D eigenvalue weighted by molar-refractivity contribution is 0.492. The van der Waals surface area contributed by atoms with Crippen molar-refractivity contribution in [2.45, 2.75) is 24.1 Å². The maximum Gasteiger partial charge on any atom is 0.163 e. The molecule has 1 nitrogen and oxygen atoms in total. The Bertz CT molecular complexity index is 377. The Morgan fingerprint density at radius 3 is 2.75 bits per heavy atom. The van der Waals surface area contributed by atoms with E-state index in [0.29, 0.717) is 16.9 Å². The van der Waals surface area contributed by atoms with E-state index in [1.54, 1.807) is 6.07 Å². The van der Waals surface area contributed by atoms with E-state index in [9.17, 15) is 8.78 Å². The molecule has 0 aromatic heterocycles. The molecule has 88 valence electrons. The molecule has 0 heterocycles. The summed E-state index contributed by atoms with van der Waals surface area (Å²) in [6, 6.07) is 4.30. The minimum Gasteiger partial charge on any atom is -0.311 e. The molecule has 0 amide bonds. The van der Waals surface area contributed by atoms with E-state index in [2.05, 4.69) is 11.6 Å². The highest BCUT2D eigenvalue weighted by molar-refractivity contribution is 8.00. The monoisotopic (exact) mass is 243 g/mol. The normalized spacial score (nSPS) is 17.4. The zero-order valence-corrected chi connectivity index (χ0v) is 10.0. The zero-order valence-electron chi connectivity index (χ0n) is 9.22. The average molecular weight is 243 g/mol. The number of benzene rings is 1. The van der Waals surface area contributed by atoms with Crippen LogP contribution in [0.1, 0.15) is 18.4 Å². The van der Waals surface area contributed by atoms with Crippen LogP contribution in [0.2, 0.25) is 0 Å². The average Bonchev–Trinajstić information content (AvgIpc) is 3.05. The molecule has 0 aliphatic heterocycles. The fraction of sp³-hybridized carbons (Fsp3) is 0.500. The second-order valence-electron chi connectivity index (χ2n) is 4.20. The summed E-state index contributed by atoms with van der Waals surface area (Å²) in [5.74, 6) is -1.51. The van der Waals surface area contributed by atoms with Crippen molar-refractivity contribution in [3.63, 3.8) is 0 Å². The topological polar surface area (TPSA) is 12.0 Å². The van der Waals surface area contributed by atoms with Gasteiger partial charge in [-0.1, -0.05) is 12.1 Å². The fourth-order valence-corrected chi connectivity index (χ4v) is 2.46. The number of nitrogens with one attached hydrogen (secondary N) is 1. The van der Waals surface area contributed by atoms with E-state index in [1.807, 2.05) is 11.8 Å². The smallest absolute Gasteiger partial charge is 0.163 e. The first kappa shape index (κ1) is 11.9. The molecule has 0 bridgehead atoms. The maximum atomic E-state index is 13.3. The van der Waals surface area contributed by atoms with Crippen molar-refractivity contribution in [2.75, 3.05) is 12.8 Å². The van der Waals surface area contributed by atoms with Gasteiger partial charge in [-0.2, -0.15) is 11.8 Å². The van der Waals surface area contributed by atoms with Crippen LogP contribution in [0.5, 0.6) is 0 Å². The molecule has 2 rings (SSSR count). The van der Waals surface area contributed by atoms with Crippen LogP contribution < -0.4 is 5.32 Å². The van der Waals surface area contributed by atoms with Crippen molar-refractivity contribution >= 4 is 11.8 Å². The van der Waals surface area contributed by atoms with Crippen molar-refractivity contribution in [3.8, 4) is 0 Å². The standard InChI is InChI=1S/C12H15F2NS/c1-16-12(5-6-12)8-15-7-9-3-2-4-10(13)11(9)14/h2-4,15H,5-8H2,1H3. The molecule has 0 unspecified atom stereocenters. The molecule has 16 heavy (non-hydrogen) atoms. The first-order valence-corrected chi connectivity index (χ1v) is 6.58. The van der Waals surface area contributed by atoms with Gasteiger partial charge < -0.3 is 5.32 Å². The summed E-state index contributed by atoms with van der Waals surface area (Å²) in [7, 11) is 0. The Hall–Kier alpha value is -0.610. The van der Waals surface area contributed by atoms with E-state index < -0.39 is 11.6 Å². The molecular formula is C12H15F2NS. The number of rotatable bonds is 5. The lowest BCUT2D eigenvalue weighted by Gasteiger charge is -2.13. The van der Waals surface area contributed by atoms with Crippen LogP contribution in [0.4, 0.5) is 8.78 Å². The molecule has 1 aromatic carbocycles. The van der Waals surface area contributed by atoms with Crippen molar-refractivity contribution < 1.29 is 8.78 Å². The molecule has 0 radical (unpaired) electrons. The molecule has 4 heteroatoms. The van der Waals surface area contributed by atoms with Crippen molar-refractivity contribution in [2.24, 2.45) is 0 Å². The van der Waals surface area contributed by atoms with E-state index in [4.69, 9.17) is 0 Å². The second-order valence-corrected chi connectivity index (χ2v) is 5.48.